The summed E-state index contributed by atoms with van der Waals surface area (Å²) in [6.45, 7) is 3.48. The molecule has 0 fully saturated rings. The van der Waals surface area contributed by atoms with Crippen LogP contribution < -0.4 is 10.1 Å². The Kier molecular flexibility index (Phi) is 6.40. The minimum atomic E-state index is 0.664. The van der Waals surface area contributed by atoms with Gasteiger partial charge in [0.1, 0.15) is 5.75 Å². The molecule has 0 spiro atoms. The predicted molar refractivity (Wildman–Crippen MR) is 96.4 cm³/mol. The average Bonchev–Trinajstić information content (AvgIpc) is 2.47. The standard InChI is InChI=1S/C16H16Br2ClNO/c1-2-7-21-16-6-3-12(17)8-11(16)10-20-15-9-13(19)4-5-14(15)18/h3-6,8-9,20H,2,7,10H2,1H3. The highest BCUT2D eigenvalue weighted by atomic mass is 79.9. The topological polar surface area (TPSA) is 21.3 Å². The van der Waals surface area contributed by atoms with Gasteiger partial charge in [0.15, 0.2) is 0 Å². The van der Waals surface area contributed by atoms with E-state index in [1.807, 2.05) is 30.3 Å². The highest BCUT2D eigenvalue weighted by Crippen LogP contribution is 2.28. The first-order valence-electron chi connectivity index (χ1n) is 6.70. The monoisotopic (exact) mass is 431 g/mol. The molecule has 0 amide bonds. The van der Waals surface area contributed by atoms with E-state index in [2.05, 4.69) is 50.2 Å². The van der Waals surface area contributed by atoms with Crippen LogP contribution in [0.3, 0.4) is 0 Å². The van der Waals surface area contributed by atoms with Crippen molar-refractivity contribution in [2.24, 2.45) is 0 Å². The molecule has 112 valence electrons. The average molecular weight is 434 g/mol. The van der Waals surface area contributed by atoms with E-state index < -0.39 is 0 Å². The Balaban J connectivity index is 2.14. The maximum absolute atomic E-state index is 6.03. The molecule has 0 atom stereocenters. The lowest BCUT2D eigenvalue weighted by molar-refractivity contribution is 0.314. The van der Waals surface area contributed by atoms with Crippen molar-refractivity contribution >= 4 is 49.1 Å². The van der Waals surface area contributed by atoms with Crippen LogP contribution in [0.4, 0.5) is 5.69 Å². The van der Waals surface area contributed by atoms with Crippen LogP contribution in [-0.2, 0) is 6.54 Å². The van der Waals surface area contributed by atoms with E-state index in [4.69, 9.17) is 16.3 Å². The molecule has 0 bridgehead atoms. The van der Waals surface area contributed by atoms with Crippen molar-refractivity contribution in [3.8, 4) is 5.75 Å². The molecule has 5 heteroatoms. The molecule has 0 unspecified atom stereocenters. The Morgan fingerprint density at radius 2 is 1.95 bits per heavy atom. The van der Waals surface area contributed by atoms with Crippen LogP contribution in [0.5, 0.6) is 5.75 Å². The second-order valence-corrected chi connectivity index (χ2v) is 6.78. The molecule has 0 aliphatic heterocycles. The van der Waals surface area contributed by atoms with Gasteiger partial charge in [0, 0.05) is 26.1 Å². The van der Waals surface area contributed by atoms with Crippen LogP contribution in [0, 0.1) is 0 Å². The van der Waals surface area contributed by atoms with Crippen molar-refractivity contribution in [2.75, 3.05) is 11.9 Å². The zero-order valence-electron chi connectivity index (χ0n) is 11.6. The number of hydrogen-bond acceptors (Lipinski definition) is 2. The lowest BCUT2D eigenvalue weighted by atomic mass is 10.2. The van der Waals surface area contributed by atoms with Crippen molar-refractivity contribution < 1.29 is 4.74 Å². The first-order valence-corrected chi connectivity index (χ1v) is 8.66. The molecule has 0 saturated heterocycles. The molecule has 2 aromatic rings. The van der Waals surface area contributed by atoms with Crippen molar-refractivity contribution in [1.82, 2.24) is 0 Å². The second-order valence-electron chi connectivity index (χ2n) is 4.58. The first kappa shape index (κ1) is 16.7. The van der Waals surface area contributed by atoms with Gasteiger partial charge in [-0.25, -0.2) is 0 Å². The summed E-state index contributed by atoms with van der Waals surface area (Å²) in [5.74, 6) is 0.908. The summed E-state index contributed by atoms with van der Waals surface area (Å²) in [6.07, 6.45) is 0.989. The molecule has 0 heterocycles. The smallest absolute Gasteiger partial charge is 0.124 e. The van der Waals surface area contributed by atoms with E-state index in [1.54, 1.807) is 0 Å². The van der Waals surface area contributed by atoms with Gasteiger partial charge in [0.2, 0.25) is 0 Å². The first-order chi connectivity index (χ1) is 10.1. The number of nitrogens with one attached hydrogen (secondary N) is 1. The molecule has 0 aliphatic carbocycles. The van der Waals surface area contributed by atoms with Crippen molar-refractivity contribution in [3.05, 3.63) is 55.9 Å². The van der Waals surface area contributed by atoms with Crippen LogP contribution in [-0.4, -0.2) is 6.61 Å². The van der Waals surface area contributed by atoms with Crippen LogP contribution >= 0.6 is 43.5 Å². The summed E-state index contributed by atoms with van der Waals surface area (Å²) >= 11 is 13.1. The van der Waals surface area contributed by atoms with E-state index in [1.165, 1.54) is 0 Å². The van der Waals surface area contributed by atoms with Crippen molar-refractivity contribution in [1.29, 1.82) is 0 Å². The van der Waals surface area contributed by atoms with E-state index in [0.29, 0.717) is 11.6 Å². The third-order valence-electron chi connectivity index (χ3n) is 2.88. The Hall–Kier alpha value is -0.710. The SMILES string of the molecule is CCCOc1ccc(Br)cc1CNc1cc(Cl)ccc1Br. The zero-order valence-corrected chi connectivity index (χ0v) is 15.6. The Bertz CT molecular complexity index is 619. The van der Waals surface area contributed by atoms with Gasteiger partial charge in [-0.3, -0.25) is 0 Å². The van der Waals surface area contributed by atoms with Gasteiger partial charge in [0.05, 0.1) is 12.3 Å². The summed E-state index contributed by atoms with van der Waals surface area (Å²) in [5, 5.41) is 4.09. The summed E-state index contributed by atoms with van der Waals surface area (Å²) in [6, 6.07) is 11.7. The molecule has 0 aromatic heterocycles. The molecule has 21 heavy (non-hydrogen) atoms. The van der Waals surface area contributed by atoms with Crippen LogP contribution in [0.25, 0.3) is 0 Å². The van der Waals surface area contributed by atoms with Crippen molar-refractivity contribution in [2.45, 2.75) is 19.9 Å². The predicted octanol–water partition coefficient (Wildman–Crippen LogP) is 6.27. The number of anilines is 1. The summed E-state index contributed by atoms with van der Waals surface area (Å²) < 4.78 is 7.80. The van der Waals surface area contributed by atoms with Gasteiger partial charge in [-0.1, -0.05) is 34.5 Å². The van der Waals surface area contributed by atoms with Gasteiger partial charge < -0.3 is 10.1 Å². The number of benzene rings is 2. The lowest BCUT2D eigenvalue weighted by Gasteiger charge is -2.14. The Morgan fingerprint density at radius 3 is 2.71 bits per heavy atom. The normalized spacial score (nSPS) is 10.5. The minimum Gasteiger partial charge on any atom is -0.493 e. The number of rotatable bonds is 6. The molecule has 1 N–H and O–H groups in total. The van der Waals surface area contributed by atoms with E-state index in [9.17, 15) is 0 Å². The molecule has 2 nitrogen and oxygen atoms in total. The van der Waals surface area contributed by atoms with Gasteiger partial charge >= 0.3 is 0 Å². The number of halogens is 3. The Labute approximate surface area is 147 Å². The third kappa shape index (κ3) is 4.90. The van der Waals surface area contributed by atoms with Gasteiger partial charge in [-0.2, -0.15) is 0 Å². The molecular formula is C16H16Br2ClNO. The highest BCUT2D eigenvalue weighted by Gasteiger charge is 2.06. The van der Waals surface area contributed by atoms with Crippen molar-refractivity contribution in [3.63, 3.8) is 0 Å². The Morgan fingerprint density at radius 1 is 1.14 bits per heavy atom. The van der Waals surface area contributed by atoms with E-state index in [-0.39, 0.29) is 0 Å². The lowest BCUT2D eigenvalue weighted by Crippen LogP contribution is -2.04. The van der Waals surface area contributed by atoms with Gasteiger partial charge in [-0.05, 0) is 58.7 Å². The fourth-order valence-corrected chi connectivity index (χ4v) is 2.83. The highest BCUT2D eigenvalue weighted by molar-refractivity contribution is 9.10. The quantitative estimate of drug-likeness (QED) is 0.580. The van der Waals surface area contributed by atoms with Crippen LogP contribution in [0.1, 0.15) is 18.9 Å². The van der Waals surface area contributed by atoms with Gasteiger partial charge in [0.25, 0.3) is 0 Å². The maximum atomic E-state index is 6.03. The summed E-state index contributed by atoms with van der Waals surface area (Å²) in [4.78, 5) is 0. The maximum Gasteiger partial charge on any atom is 0.124 e. The third-order valence-corrected chi connectivity index (χ3v) is 4.30. The molecule has 2 aromatic carbocycles. The molecule has 0 radical (unpaired) electrons. The van der Waals surface area contributed by atoms with Crippen LogP contribution in [0.15, 0.2) is 45.3 Å². The van der Waals surface area contributed by atoms with Gasteiger partial charge in [-0.15, -0.1) is 0 Å². The number of ether oxygens (including phenoxy) is 1. The zero-order chi connectivity index (χ0) is 15.2. The molecule has 0 saturated carbocycles. The van der Waals surface area contributed by atoms with E-state index in [0.717, 1.165) is 39.0 Å². The molecule has 0 aliphatic rings. The van der Waals surface area contributed by atoms with Crippen LogP contribution in [0.2, 0.25) is 5.02 Å². The largest absolute Gasteiger partial charge is 0.493 e. The number of hydrogen-bond donors (Lipinski definition) is 1. The molecular weight excluding hydrogens is 417 g/mol. The fourth-order valence-electron chi connectivity index (χ4n) is 1.86. The molecule has 2 rings (SSSR count). The second kappa shape index (κ2) is 8.06. The van der Waals surface area contributed by atoms with E-state index >= 15 is 0 Å². The minimum absolute atomic E-state index is 0.664. The summed E-state index contributed by atoms with van der Waals surface area (Å²) in [7, 11) is 0. The fraction of sp³-hybridized carbons (Fsp3) is 0.250. The summed E-state index contributed by atoms with van der Waals surface area (Å²) in [5.41, 5.74) is 2.06.